The maximum absolute atomic E-state index is 13.1. The number of piperazine rings is 1. The number of para-hydroxylation sites is 1. The van der Waals surface area contributed by atoms with E-state index in [1.807, 2.05) is 37.1 Å². The van der Waals surface area contributed by atoms with Crippen LogP contribution in [-0.2, 0) is 11.8 Å². The molecule has 0 spiro atoms. The van der Waals surface area contributed by atoms with Crippen molar-refractivity contribution in [2.45, 2.75) is 12.8 Å². The number of carbonyl (C=O) groups is 1. The highest BCUT2D eigenvalue weighted by Gasteiger charge is 2.28. The number of ether oxygens (including phenoxy) is 1. The highest BCUT2D eigenvalue weighted by atomic mass is 16.5. The van der Waals surface area contributed by atoms with E-state index in [1.165, 1.54) is 6.33 Å². The smallest absolute Gasteiger partial charge is 0.230 e. The van der Waals surface area contributed by atoms with Crippen molar-refractivity contribution < 1.29 is 9.53 Å². The molecule has 3 aromatic rings. The topological polar surface area (TPSA) is 63.5 Å². The molecule has 0 N–H and O–H groups in total. The zero-order chi connectivity index (χ0) is 19.7. The fraction of sp³-hybridized carbons (Fsp3) is 0.381. The molecule has 28 heavy (non-hydrogen) atoms. The van der Waals surface area contributed by atoms with Crippen LogP contribution < -0.4 is 9.64 Å². The van der Waals surface area contributed by atoms with Gasteiger partial charge in [-0.15, -0.1) is 0 Å². The van der Waals surface area contributed by atoms with Gasteiger partial charge in [0.1, 0.15) is 12.1 Å². The molecular formula is C21H25N5O2. The van der Waals surface area contributed by atoms with Gasteiger partial charge in [-0.25, -0.2) is 9.97 Å². The van der Waals surface area contributed by atoms with Gasteiger partial charge in [0.2, 0.25) is 11.8 Å². The van der Waals surface area contributed by atoms with Crippen LogP contribution in [0.2, 0.25) is 0 Å². The SMILES string of the molecule is COc1cc(N2CCN(C(=O)C(C)c3cn(C)c4ccccc34)CC2)ncn1. The summed E-state index contributed by atoms with van der Waals surface area (Å²) in [5.41, 5.74) is 2.24. The summed E-state index contributed by atoms with van der Waals surface area (Å²) in [7, 11) is 3.62. The van der Waals surface area contributed by atoms with Crippen molar-refractivity contribution in [1.29, 1.82) is 0 Å². The van der Waals surface area contributed by atoms with Crippen molar-refractivity contribution in [2.75, 3.05) is 38.2 Å². The third-order valence-corrected chi connectivity index (χ3v) is 5.52. The van der Waals surface area contributed by atoms with E-state index in [0.717, 1.165) is 35.4 Å². The quantitative estimate of drug-likeness (QED) is 0.697. The number of rotatable bonds is 4. The second-order valence-corrected chi connectivity index (χ2v) is 7.17. The number of aryl methyl sites for hydroxylation is 1. The fourth-order valence-electron chi connectivity index (χ4n) is 3.90. The number of hydrogen-bond donors (Lipinski definition) is 0. The van der Waals surface area contributed by atoms with E-state index < -0.39 is 0 Å². The van der Waals surface area contributed by atoms with Crippen molar-refractivity contribution in [3.05, 3.63) is 48.4 Å². The largest absolute Gasteiger partial charge is 0.481 e. The van der Waals surface area contributed by atoms with Gasteiger partial charge >= 0.3 is 0 Å². The molecule has 1 unspecified atom stereocenters. The number of nitrogens with zero attached hydrogens (tertiary/aromatic N) is 5. The van der Waals surface area contributed by atoms with Crippen LogP contribution in [0.25, 0.3) is 10.9 Å². The summed E-state index contributed by atoms with van der Waals surface area (Å²) >= 11 is 0. The Labute approximate surface area is 164 Å². The normalized spacial score (nSPS) is 15.7. The van der Waals surface area contributed by atoms with E-state index >= 15 is 0 Å². The van der Waals surface area contributed by atoms with Gasteiger partial charge in [0, 0.05) is 56.4 Å². The highest BCUT2D eigenvalue weighted by molar-refractivity contribution is 5.92. The van der Waals surface area contributed by atoms with Crippen molar-refractivity contribution in [3.63, 3.8) is 0 Å². The summed E-state index contributed by atoms with van der Waals surface area (Å²) in [5.74, 6) is 1.39. The number of hydrogen-bond acceptors (Lipinski definition) is 5. The first-order valence-electron chi connectivity index (χ1n) is 9.52. The van der Waals surface area contributed by atoms with Crippen LogP contribution in [-0.4, -0.2) is 58.6 Å². The van der Waals surface area contributed by atoms with E-state index in [-0.39, 0.29) is 11.8 Å². The molecule has 2 aromatic heterocycles. The zero-order valence-corrected chi connectivity index (χ0v) is 16.5. The molecule has 1 amide bonds. The molecule has 7 heteroatoms. The molecule has 0 bridgehead atoms. The Hall–Kier alpha value is -3.09. The molecule has 1 aliphatic rings. The van der Waals surface area contributed by atoms with Crippen molar-refractivity contribution in [2.24, 2.45) is 7.05 Å². The van der Waals surface area contributed by atoms with Gasteiger partial charge in [-0.3, -0.25) is 4.79 Å². The Morgan fingerprint density at radius 2 is 1.89 bits per heavy atom. The van der Waals surface area contributed by atoms with Gasteiger partial charge in [-0.05, 0) is 18.6 Å². The third kappa shape index (κ3) is 3.28. The predicted octanol–water partition coefficient (Wildman–Crippen LogP) is 2.43. The zero-order valence-electron chi connectivity index (χ0n) is 16.5. The minimum absolute atomic E-state index is 0.170. The number of aromatic nitrogens is 3. The van der Waals surface area contributed by atoms with E-state index in [2.05, 4.69) is 37.8 Å². The summed E-state index contributed by atoms with van der Waals surface area (Å²) in [5, 5.41) is 1.15. The van der Waals surface area contributed by atoms with Gasteiger partial charge in [0.15, 0.2) is 0 Å². The van der Waals surface area contributed by atoms with Crippen LogP contribution in [0.1, 0.15) is 18.4 Å². The standard InChI is InChI=1S/C21H25N5O2/c1-15(17-13-24(2)18-7-5-4-6-16(17)18)21(27)26-10-8-25(9-11-26)19-12-20(28-3)23-14-22-19/h4-7,12-15H,8-11H2,1-3H3. The minimum Gasteiger partial charge on any atom is -0.481 e. The molecular weight excluding hydrogens is 354 g/mol. The summed E-state index contributed by atoms with van der Waals surface area (Å²) in [4.78, 5) is 25.7. The van der Waals surface area contributed by atoms with Gasteiger partial charge in [-0.2, -0.15) is 0 Å². The maximum atomic E-state index is 13.1. The molecule has 0 radical (unpaired) electrons. The van der Waals surface area contributed by atoms with E-state index in [4.69, 9.17) is 4.74 Å². The Bertz CT molecular complexity index is 991. The molecule has 1 aromatic carbocycles. The van der Waals surface area contributed by atoms with Crippen LogP contribution in [0.4, 0.5) is 5.82 Å². The highest BCUT2D eigenvalue weighted by Crippen LogP contribution is 2.29. The second-order valence-electron chi connectivity index (χ2n) is 7.17. The van der Waals surface area contributed by atoms with Gasteiger partial charge in [0.05, 0.1) is 13.0 Å². The third-order valence-electron chi connectivity index (χ3n) is 5.52. The Balaban J connectivity index is 1.46. The average molecular weight is 379 g/mol. The molecule has 0 aliphatic carbocycles. The molecule has 1 aliphatic heterocycles. The van der Waals surface area contributed by atoms with Gasteiger partial charge in [0.25, 0.3) is 0 Å². The first-order chi connectivity index (χ1) is 13.6. The maximum Gasteiger partial charge on any atom is 0.230 e. The molecule has 1 saturated heterocycles. The van der Waals surface area contributed by atoms with Gasteiger partial charge < -0.3 is 19.1 Å². The number of methoxy groups -OCH3 is 1. The van der Waals surface area contributed by atoms with Crippen molar-refractivity contribution in [3.8, 4) is 5.88 Å². The van der Waals surface area contributed by atoms with Crippen LogP contribution in [0, 0.1) is 0 Å². The molecule has 7 nitrogen and oxygen atoms in total. The number of fused-ring (bicyclic) bond motifs is 1. The van der Waals surface area contributed by atoms with Gasteiger partial charge in [-0.1, -0.05) is 18.2 Å². The van der Waals surface area contributed by atoms with Crippen LogP contribution in [0.5, 0.6) is 5.88 Å². The lowest BCUT2D eigenvalue weighted by Crippen LogP contribution is -2.50. The molecule has 3 heterocycles. The number of carbonyl (C=O) groups excluding carboxylic acids is 1. The molecule has 4 rings (SSSR count). The van der Waals surface area contributed by atoms with E-state index in [1.54, 1.807) is 7.11 Å². The number of benzene rings is 1. The fourth-order valence-corrected chi connectivity index (χ4v) is 3.90. The molecule has 0 saturated carbocycles. The predicted molar refractivity (Wildman–Crippen MR) is 109 cm³/mol. The van der Waals surface area contributed by atoms with Crippen LogP contribution >= 0.6 is 0 Å². The summed E-state index contributed by atoms with van der Waals surface area (Å²) < 4.78 is 7.27. The Morgan fingerprint density at radius 3 is 2.64 bits per heavy atom. The molecule has 1 fully saturated rings. The van der Waals surface area contributed by atoms with Crippen LogP contribution in [0.3, 0.4) is 0 Å². The number of anilines is 1. The Morgan fingerprint density at radius 1 is 1.14 bits per heavy atom. The lowest BCUT2D eigenvalue weighted by atomic mass is 9.98. The van der Waals surface area contributed by atoms with Crippen molar-refractivity contribution in [1.82, 2.24) is 19.4 Å². The minimum atomic E-state index is -0.170. The van der Waals surface area contributed by atoms with Crippen LogP contribution in [0.15, 0.2) is 42.9 Å². The first kappa shape index (κ1) is 18.3. The molecule has 1 atom stereocenters. The Kier molecular flexibility index (Phi) is 4.90. The first-order valence-corrected chi connectivity index (χ1v) is 9.52. The van der Waals surface area contributed by atoms with E-state index in [0.29, 0.717) is 19.0 Å². The summed E-state index contributed by atoms with van der Waals surface area (Å²) in [6.45, 7) is 4.86. The second kappa shape index (κ2) is 7.50. The lowest BCUT2D eigenvalue weighted by molar-refractivity contribution is -0.132. The average Bonchev–Trinajstić information content (AvgIpc) is 3.09. The molecule has 146 valence electrons. The summed E-state index contributed by atoms with van der Waals surface area (Å²) in [6.07, 6.45) is 3.59. The number of amides is 1. The van der Waals surface area contributed by atoms with Crippen molar-refractivity contribution >= 4 is 22.6 Å². The monoisotopic (exact) mass is 379 g/mol. The lowest BCUT2D eigenvalue weighted by Gasteiger charge is -2.36. The summed E-state index contributed by atoms with van der Waals surface area (Å²) in [6, 6.07) is 10.1. The van der Waals surface area contributed by atoms with E-state index in [9.17, 15) is 4.79 Å².